The first-order valence-electron chi connectivity index (χ1n) is 7.64. The van der Waals surface area contributed by atoms with Crippen LogP contribution in [0.3, 0.4) is 0 Å². The first kappa shape index (κ1) is 14.9. The van der Waals surface area contributed by atoms with Gasteiger partial charge in [0.15, 0.2) is 11.4 Å². The molecule has 0 aliphatic carbocycles. The SMILES string of the molecule is CC1=CC(C)(C)Nc2ccc3c(c21)c(=O)oc1c(F)c(F)ccc13. The van der Waals surface area contributed by atoms with E-state index in [1.54, 1.807) is 6.07 Å². The highest BCUT2D eigenvalue weighted by Gasteiger charge is 2.26. The van der Waals surface area contributed by atoms with Crippen molar-refractivity contribution < 1.29 is 13.2 Å². The molecule has 0 amide bonds. The van der Waals surface area contributed by atoms with Gasteiger partial charge in [-0.05, 0) is 44.5 Å². The van der Waals surface area contributed by atoms with Crippen molar-refractivity contribution in [3.05, 3.63) is 58.0 Å². The Bertz CT molecular complexity index is 1110. The number of anilines is 1. The molecule has 24 heavy (non-hydrogen) atoms. The van der Waals surface area contributed by atoms with Crippen molar-refractivity contribution in [1.82, 2.24) is 0 Å². The molecule has 0 saturated carbocycles. The Hall–Kier alpha value is -2.69. The first-order chi connectivity index (χ1) is 11.3. The number of nitrogens with one attached hydrogen (secondary N) is 1. The molecule has 0 unspecified atom stereocenters. The molecule has 0 atom stereocenters. The first-order valence-corrected chi connectivity index (χ1v) is 7.64. The second-order valence-corrected chi connectivity index (χ2v) is 6.71. The molecule has 1 aliphatic heterocycles. The third kappa shape index (κ3) is 1.97. The normalized spacial score (nSPS) is 16.0. The van der Waals surface area contributed by atoms with Crippen molar-refractivity contribution in [2.24, 2.45) is 0 Å². The van der Waals surface area contributed by atoms with E-state index < -0.39 is 17.3 Å². The van der Waals surface area contributed by atoms with E-state index in [2.05, 4.69) is 5.32 Å². The Labute approximate surface area is 136 Å². The lowest BCUT2D eigenvalue weighted by Gasteiger charge is -2.31. The molecular formula is C19H15F2NO2. The largest absolute Gasteiger partial charge is 0.419 e. The Balaban J connectivity index is 2.20. The molecule has 0 bridgehead atoms. The van der Waals surface area contributed by atoms with E-state index in [1.165, 1.54) is 6.07 Å². The molecule has 2 heterocycles. The van der Waals surface area contributed by atoms with Gasteiger partial charge in [-0.15, -0.1) is 0 Å². The van der Waals surface area contributed by atoms with Gasteiger partial charge in [-0.3, -0.25) is 0 Å². The lowest BCUT2D eigenvalue weighted by Crippen LogP contribution is -2.31. The van der Waals surface area contributed by atoms with Crippen molar-refractivity contribution in [3.8, 4) is 0 Å². The van der Waals surface area contributed by atoms with E-state index in [-0.39, 0.29) is 11.1 Å². The number of hydrogen-bond acceptors (Lipinski definition) is 3. The lowest BCUT2D eigenvalue weighted by atomic mass is 9.88. The van der Waals surface area contributed by atoms with Crippen LogP contribution in [0.2, 0.25) is 0 Å². The van der Waals surface area contributed by atoms with Crippen LogP contribution in [-0.4, -0.2) is 5.54 Å². The van der Waals surface area contributed by atoms with E-state index >= 15 is 0 Å². The van der Waals surface area contributed by atoms with Crippen molar-refractivity contribution in [1.29, 1.82) is 0 Å². The molecule has 4 rings (SSSR count). The van der Waals surface area contributed by atoms with Crippen LogP contribution in [-0.2, 0) is 0 Å². The minimum Gasteiger partial charge on any atom is -0.419 e. The Morgan fingerprint density at radius 2 is 1.79 bits per heavy atom. The monoisotopic (exact) mass is 327 g/mol. The molecule has 3 nitrogen and oxygen atoms in total. The summed E-state index contributed by atoms with van der Waals surface area (Å²) < 4.78 is 32.6. The van der Waals surface area contributed by atoms with Crippen molar-refractivity contribution >= 4 is 33.0 Å². The van der Waals surface area contributed by atoms with Crippen molar-refractivity contribution in [3.63, 3.8) is 0 Å². The van der Waals surface area contributed by atoms with Crippen molar-refractivity contribution in [2.75, 3.05) is 5.32 Å². The molecule has 0 saturated heterocycles. The van der Waals surface area contributed by atoms with Gasteiger partial charge in [0, 0.05) is 22.0 Å². The molecule has 1 aromatic heterocycles. The van der Waals surface area contributed by atoms with Gasteiger partial charge < -0.3 is 9.73 Å². The molecule has 0 fully saturated rings. The number of hydrogen-bond donors (Lipinski definition) is 1. The van der Waals surface area contributed by atoms with Crippen LogP contribution in [0.15, 0.2) is 39.6 Å². The van der Waals surface area contributed by atoms with Gasteiger partial charge in [0.05, 0.1) is 10.9 Å². The van der Waals surface area contributed by atoms with Crippen LogP contribution in [0.4, 0.5) is 14.5 Å². The molecule has 122 valence electrons. The van der Waals surface area contributed by atoms with E-state index in [4.69, 9.17) is 4.42 Å². The summed E-state index contributed by atoms with van der Waals surface area (Å²) >= 11 is 0. The molecule has 1 N–H and O–H groups in total. The average Bonchev–Trinajstić information content (AvgIpc) is 2.50. The maximum Gasteiger partial charge on any atom is 0.344 e. The molecule has 2 aromatic carbocycles. The predicted molar refractivity (Wildman–Crippen MR) is 91.3 cm³/mol. The summed E-state index contributed by atoms with van der Waals surface area (Å²) in [5.74, 6) is -2.18. The fourth-order valence-electron chi connectivity index (χ4n) is 3.54. The van der Waals surface area contributed by atoms with Gasteiger partial charge in [-0.2, -0.15) is 4.39 Å². The maximum atomic E-state index is 14.0. The summed E-state index contributed by atoms with van der Waals surface area (Å²) in [7, 11) is 0. The minimum atomic E-state index is -1.14. The quantitative estimate of drug-likeness (QED) is 0.475. The molecule has 0 radical (unpaired) electrons. The summed E-state index contributed by atoms with van der Waals surface area (Å²) in [6.07, 6.45) is 2.03. The van der Waals surface area contributed by atoms with E-state index in [9.17, 15) is 13.6 Å². The fraction of sp³-hybridized carbons (Fsp3) is 0.211. The second kappa shape index (κ2) is 4.66. The maximum absolute atomic E-state index is 14.0. The molecule has 0 spiro atoms. The highest BCUT2D eigenvalue weighted by Crippen LogP contribution is 2.39. The Morgan fingerprint density at radius 3 is 2.54 bits per heavy atom. The number of fused-ring (bicyclic) bond motifs is 5. The van der Waals surface area contributed by atoms with Crippen LogP contribution in [0, 0.1) is 11.6 Å². The van der Waals surface area contributed by atoms with Gasteiger partial charge >= 0.3 is 5.63 Å². The third-order valence-electron chi connectivity index (χ3n) is 4.37. The Kier molecular flexibility index (Phi) is 2.89. The van der Waals surface area contributed by atoms with E-state index in [0.717, 1.165) is 22.9 Å². The van der Waals surface area contributed by atoms with Crippen LogP contribution in [0.25, 0.3) is 27.3 Å². The van der Waals surface area contributed by atoms with Crippen molar-refractivity contribution in [2.45, 2.75) is 26.3 Å². The third-order valence-corrected chi connectivity index (χ3v) is 4.37. The van der Waals surface area contributed by atoms with Crippen LogP contribution < -0.4 is 10.9 Å². The zero-order chi connectivity index (χ0) is 17.2. The highest BCUT2D eigenvalue weighted by molar-refractivity contribution is 6.10. The van der Waals surface area contributed by atoms with Crippen LogP contribution >= 0.6 is 0 Å². The Morgan fingerprint density at radius 1 is 1.08 bits per heavy atom. The smallest absolute Gasteiger partial charge is 0.344 e. The summed E-state index contributed by atoms with van der Waals surface area (Å²) in [6.45, 7) is 5.99. The summed E-state index contributed by atoms with van der Waals surface area (Å²) in [5.41, 5.74) is 1.24. The number of halogens is 2. The van der Waals surface area contributed by atoms with E-state index in [1.807, 2.05) is 32.9 Å². The van der Waals surface area contributed by atoms with Gasteiger partial charge in [0.1, 0.15) is 0 Å². The van der Waals surface area contributed by atoms with Crippen LogP contribution in [0.1, 0.15) is 26.3 Å². The topological polar surface area (TPSA) is 42.2 Å². The lowest BCUT2D eigenvalue weighted by molar-refractivity contribution is 0.480. The standard InChI is InChI=1S/C19H15F2NO2/c1-9-8-19(2,3)22-13-7-5-10-11-4-6-12(20)16(21)17(11)24-18(23)15(10)14(9)13/h4-8,22H,1-3H3. The van der Waals surface area contributed by atoms with Crippen LogP contribution in [0.5, 0.6) is 0 Å². The van der Waals surface area contributed by atoms with Gasteiger partial charge in [0.25, 0.3) is 0 Å². The predicted octanol–water partition coefficient (Wildman–Crippen LogP) is 4.83. The molecule has 3 aromatic rings. The highest BCUT2D eigenvalue weighted by atomic mass is 19.2. The van der Waals surface area contributed by atoms with Gasteiger partial charge in [-0.1, -0.05) is 12.1 Å². The summed E-state index contributed by atoms with van der Waals surface area (Å²) in [6, 6.07) is 6.08. The van der Waals surface area contributed by atoms with E-state index in [0.29, 0.717) is 16.2 Å². The fourth-order valence-corrected chi connectivity index (χ4v) is 3.54. The molecule has 5 heteroatoms. The van der Waals surface area contributed by atoms with Gasteiger partial charge in [0.2, 0.25) is 5.82 Å². The molecule has 1 aliphatic rings. The average molecular weight is 327 g/mol. The zero-order valence-corrected chi connectivity index (χ0v) is 13.5. The zero-order valence-electron chi connectivity index (χ0n) is 13.5. The number of rotatable bonds is 0. The summed E-state index contributed by atoms with van der Waals surface area (Å²) in [5, 5.41) is 4.67. The number of allylic oxidation sites excluding steroid dienone is 1. The number of benzene rings is 2. The second-order valence-electron chi connectivity index (χ2n) is 6.71. The van der Waals surface area contributed by atoms with Gasteiger partial charge in [-0.25, -0.2) is 9.18 Å². The minimum absolute atomic E-state index is 0.239. The summed E-state index contributed by atoms with van der Waals surface area (Å²) in [4.78, 5) is 12.5. The molecular weight excluding hydrogens is 312 g/mol.